The fourth-order valence-corrected chi connectivity index (χ4v) is 3.07. The number of carbonyl (C=O) groups excluding carboxylic acids is 1. The Morgan fingerprint density at radius 1 is 1.27 bits per heavy atom. The van der Waals surface area contributed by atoms with E-state index in [0.29, 0.717) is 34.6 Å². The van der Waals surface area contributed by atoms with Crippen molar-refractivity contribution in [3.63, 3.8) is 0 Å². The quantitative estimate of drug-likeness (QED) is 0.577. The van der Waals surface area contributed by atoms with E-state index in [1.165, 1.54) is 13.0 Å². The highest BCUT2D eigenvalue weighted by atomic mass is 19.1. The zero-order valence-electron chi connectivity index (χ0n) is 17.4. The first-order valence-corrected chi connectivity index (χ1v) is 9.73. The number of oxazole rings is 1. The van der Waals surface area contributed by atoms with Crippen LogP contribution in [0.15, 0.2) is 34.7 Å². The molecular formula is C22H25FN2O5. The van der Waals surface area contributed by atoms with Gasteiger partial charge in [0.15, 0.2) is 17.1 Å². The Morgan fingerprint density at radius 2 is 2.03 bits per heavy atom. The van der Waals surface area contributed by atoms with Crippen LogP contribution in [0.25, 0.3) is 22.6 Å². The molecule has 2 aromatic carbocycles. The summed E-state index contributed by atoms with van der Waals surface area (Å²) in [6.07, 6.45) is -0.920. The molecule has 0 aliphatic heterocycles. The monoisotopic (exact) mass is 416 g/mol. The average Bonchev–Trinajstić information content (AvgIpc) is 3.10. The van der Waals surface area contributed by atoms with Crippen LogP contribution in [0.5, 0.6) is 11.5 Å². The summed E-state index contributed by atoms with van der Waals surface area (Å²) in [5.74, 6) is 0.0861. The predicted octanol–water partition coefficient (Wildman–Crippen LogP) is 3.99. The number of carbonyl (C=O) groups is 1. The van der Waals surface area contributed by atoms with Gasteiger partial charge in [0.05, 0.1) is 18.8 Å². The topological polar surface area (TPSA) is 93.8 Å². The van der Waals surface area contributed by atoms with Gasteiger partial charge in [-0.15, -0.1) is 0 Å². The van der Waals surface area contributed by atoms with E-state index in [2.05, 4.69) is 10.3 Å². The number of rotatable bonds is 8. The number of aliphatic hydroxyl groups excluding tert-OH is 1. The summed E-state index contributed by atoms with van der Waals surface area (Å²) in [5, 5.41) is 12.8. The third kappa shape index (κ3) is 4.88. The Bertz CT molecular complexity index is 1050. The molecule has 0 aliphatic rings. The van der Waals surface area contributed by atoms with Crippen molar-refractivity contribution in [1.29, 1.82) is 0 Å². The van der Waals surface area contributed by atoms with E-state index in [0.717, 1.165) is 0 Å². The van der Waals surface area contributed by atoms with Crippen LogP contribution in [0.3, 0.4) is 0 Å². The number of fused-ring (bicyclic) bond motifs is 1. The van der Waals surface area contributed by atoms with E-state index < -0.39 is 11.9 Å². The molecule has 8 heteroatoms. The van der Waals surface area contributed by atoms with Gasteiger partial charge in [0.25, 0.3) is 0 Å². The molecule has 0 aliphatic carbocycles. The minimum atomic E-state index is -0.920. The fourth-order valence-electron chi connectivity index (χ4n) is 3.07. The van der Waals surface area contributed by atoms with Gasteiger partial charge in [-0.2, -0.15) is 0 Å². The van der Waals surface area contributed by atoms with Crippen LogP contribution in [0, 0.1) is 5.82 Å². The summed E-state index contributed by atoms with van der Waals surface area (Å²) in [5.41, 5.74) is 1.78. The molecule has 1 heterocycles. The Morgan fingerprint density at radius 3 is 2.70 bits per heavy atom. The number of hydrogen-bond donors (Lipinski definition) is 2. The van der Waals surface area contributed by atoms with Gasteiger partial charge >= 0.3 is 0 Å². The molecule has 0 saturated carbocycles. The van der Waals surface area contributed by atoms with Gasteiger partial charge in [-0.05, 0) is 45.0 Å². The molecule has 30 heavy (non-hydrogen) atoms. The van der Waals surface area contributed by atoms with Crippen molar-refractivity contribution in [1.82, 2.24) is 10.3 Å². The number of nitrogens with zero attached hydrogens (tertiary/aromatic N) is 1. The van der Waals surface area contributed by atoms with Crippen LogP contribution in [0.2, 0.25) is 0 Å². The van der Waals surface area contributed by atoms with Gasteiger partial charge in [-0.3, -0.25) is 4.79 Å². The third-order valence-electron chi connectivity index (χ3n) is 4.37. The molecule has 0 bridgehead atoms. The van der Waals surface area contributed by atoms with Gasteiger partial charge in [0.1, 0.15) is 17.9 Å². The normalized spacial score (nSPS) is 13.1. The maximum atomic E-state index is 14.6. The largest absolute Gasteiger partial charge is 0.491 e. The molecule has 0 fully saturated rings. The molecule has 3 rings (SSSR count). The molecule has 2 atom stereocenters. The van der Waals surface area contributed by atoms with Crippen LogP contribution in [0.1, 0.15) is 39.4 Å². The highest BCUT2D eigenvalue weighted by Gasteiger charge is 2.19. The van der Waals surface area contributed by atoms with Gasteiger partial charge in [0, 0.05) is 24.1 Å². The van der Waals surface area contributed by atoms with Crippen LogP contribution in [-0.4, -0.2) is 35.3 Å². The number of nitrogens with one attached hydrogen (secondary N) is 1. The van der Waals surface area contributed by atoms with E-state index in [1.54, 1.807) is 38.1 Å². The molecule has 7 nitrogen and oxygen atoms in total. The number of aliphatic hydroxyl groups is 1. The van der Waals surface area contributed by atoms with Crippen LogP contribution in [-0.2, 0) is 4.79 Å². The van der Waals surface area contributed by atoms with Gasteiger partial charge in [-0.25, -0.2) is 9.37 Å². The second-order valence-corrected chi connectivity index (χ2v) is 7.05. The van der Waals surface area contributed by atoms with Crippen molar-refractivity contribution in [2.45, 2.75) is 39.8 Å². The molecule has 3 aromatic rings. The van der Waals surface area contributed by atoms with Crippen LogP contribution >= 0.6 is 0 Å². The van der Waals surface area contributed by atoms with E-state index in [4.69, 9.17) is 13.9 Å². The number of aromatic nitrogens is 1. The molecule has 0 spiro atoms. The lowest BCUT2D eigenvalue weighted by Crippen LogP contribution is -2.35. The Hall–Kier alpha value is -3.13. The van der Waals surface area contributed by atoms with Gasteiger partial charge in [0.2, 0.25) is 11.8 Å². The van der Waals surface area contributed by atoms with Crippen LogP contribution in [0.4, 0.5) is 4.39 Å². The molecule has 0 radical (unpaired) electrons. The van der Waals surface area contributed by atoms with Gasteiger partial charge < -0.3 is 24.3 Å². The zero-order valence-corrected chi connectivity index (χ0v) is 17.4. The molecule has 1 unspecified atom stereocenters. The predicted molar refractivity (Wildman–Crippen MR) is 110 cm³/mol. The Kier molecular flexibility index (Phi) is 6.56. The number of amides is 1. The summed E-state index contributed by atoms with van der Waals surface area (Å²) in [6, 6.07) is 7.90. The third-order valence-corrected chi connectivity index (χ3v) is 4.37. The fraction of sp³-hybridized carbons (Fsp3) is 0.364. The Labute approximate surface area is 173 Å². The van der Waals surface area contributed by atoms with Crippen molar-refractivity contribution in [2.24, 2.45) is 0 Å². The zero-order chi connectivity index (χ0) is 21.8. The minimum Gasteiger partial charge on any atom is -0.491 e. The SMILES string of the molecule is CCOc1c(F)cc(-c2nc3ccc(OC[C@H](C)NC(C)=O)cc3o2)cc1C(C)O. The summed E-state index contributed by atoms with van der Waals surface area (Å²) >= 11 is 0. The number of hydrogen-bond acceptors (Lipinski definition) is 6. The summed E-state index contributed by atoms with van der Waals surface area (Å²) in [4.78, 5) is 15.5. The highest BCUT2D eigenvalue weighted by Crippen LogP contribution is 2.35. The van der Waals surface area contributed by atoms with E-state index in [1.807, 2.05) is 6.92 Å². The summed E-state index contributed by atoms with van der Waals surface area (Å²) < 4.78 is 31.4. The Balaban J connectivity index is 1.88. The molecular weight excluding hydrogens is 391 g/mol. The molecule has 2 N–H and O–H groups in total. The minimum absolute atomic E-state index is 0.0244. The molecule has 0 saturated heterocycles. The van der Waals surface area contributed by atoms with Crippen molar-refractivity contribution in [3.8, 4) is 23.0 Å². The lowest BCUT2D eigenvalue weighted by atomic mass is 10.0. The lowest BCUT2D eigenvalue weighted by Gasteiger charge is -2.14. The van der Waals surface area contributed by atoms with E-state index in [-0.39, 0.29) is 30.2 Å². The number of ether oxygens (including phenoxy) is 2. The first kappa shape index (κ1) is 21.6. The smallest absolute Gasteiger partial charge is 0.227 e. The van der Waals surface area contributed by atoms with Crippen molar-refractivity contribution in [3.05, 3.63) is 41.7 Å². The maximum absolute atomic E-state index is 14.6. The molecule has 1 amide bonds. The maximum Gasteiger partial charge on any atom is 0.227 e. The van der Waals surface area contributed by atoms with Crippen molar-refractivity contribution in [2.75, 3.05) is 13.2 Å². The summed E-state index contributed by atoms with van der Waals surface area (Å²) in [6.45, 7) is 7.16. The second-order valence-electron chi connectivity index (χ2n) is 7.05. The van der Waals surface area contributed by atoms with Crippen molar-refractivity contribution < 1.29 is 28.2 Å². The molecule has 1 aromatic heterocycles. The van der Waals surface area contributed by atoms with Crippen molar-refractivity contribution >= 4 is 17.0 Å². The van der Waals surface area contributed by atoms with E-state index >= 15 is 0 Å². The number of benzene rings is 2. The second kappa shape index (κ2) is 9.13. The summed E-state index contributed by atoms with van der Waals surface area (Å²) in [7, 11) is 0. The lowest BCUT2D eigenvalue weighted by molar-refractivity contribution is -0.119. The first-order valence-electron chi connectivity index (χ1n) is 9.73. The highest BCUT2D eigenvalue weighted by molar-refractivity contribution is 5.78. The van der Waals surface area contributed by atoms with Crippen LogP contribution < -0.4 is 14.8 Å². The van der Waals surface area contributed by atoms with E-state index in [9.17, 15) is 14.3 Å². The molecule has 160 valence electrons. The standard InChI is InChI=1S/C22H25FN2O5/c1-5-28-21-17(13(3)26)8-15(9-18(21)23)22-25-19-7-6-16(10-20(19)30-22)29-11-12(2)24-14(4)27/h6-10,12-13,26H,5,11H2,1-4H3,(H,24,27)/t12-,13?/m0/s1. The first-order chi connectivity index (χ1) is 14.3. The number of halogens is 1. The average molecular weight is 416 g/mol. The van der Waals surface area contributed by atoms with Gasteiger partial charge in [-0.1, -0.05) is 0 Å².